The minimum atomic E-state index is -0.744. The van der Waals surface area contributed by atoms with Gasteiger partial charge in [-0.25, -0.2) is 0 Å². The number of rotatable bonds is 2. The van der Waals surface area contributed by atoms with Gasteiger partial charge in [-0.15, -0.1) is 0 Å². The number of nitrogens with one attached hydrogen (secondary N) is 1. The highest BCUT2D eigenvalue weighted by Gasteiger charge is 2.35. The van der Waals surface area contributed by atoms with Crippen molar-refractivity contribution in [3.63, 3.8) is 0 Å². The lowest BCUT2D eigenvalue weighted by Crippen LogP contribution is -2.24. The van der Waals surface area contributed by atoms with E-state index in [-0.39, 0.29) is 18.1 Å². The van der Waals surface area contributed by atoms with Crippen molar-refractivity contribution in [2.24, 2.45) is 0 Å². The Morgan fingerprint density at radius 2 is 2.42 bits per heavy atom. The van der Waals surface area contributed by atoms with Gasteiger partial charge in [0, 0.05) is 12.6 Å². The second-order valence-electron chi connectivity index (χ2n) is 4.53. The second kappa shape index (κ2) is 4.34. The summed E-state index contributed by atoms with van der Waals surface area (Å²) < 4.78 is 7.16. The SMILES string of the molecule is Nc1nc2c(ccn2C2CC(O)C(CO)O2)c(=O)[nH]1. The summed E-state index contributed by atoms with van der Waals surface area (Å²) >= 11 is 0. The first-order valence-corrected chi connectivity index (χ1v) is 5.91. The van der Waals surface area contributed by atoms with Crippen LogP contribution in [-0.4, -0.2) is 43.6 Å². The molecular weight excluding hydrogens is 252 g/mol. The van der Waals surface area contributed by atoms with Crippen molar-refractivity contribution < 1.29 is 14.9 Å². The summed E-state index contributed by atoms with van der Waals surface area (Å²) in [6, 6.07) is 1.61. The summed E-state index contributed by atoms with van der Waals surface area (Å²) in [7, 11) is 0. The number of aromatic nitrogens is 3. The Hall–Kier alpha value is -1.90. The standard InChI is InChI=1S/C11H14N4O4/c12-11-13-9-5(10(18)14-11)1-2-15(9)8-3-6(17)7(4-16)19-8/h1-2,6-8,16-17H,3-4H2,(H3,12,13,14,18). The fourth-order valence-electron chi connectivity index (χ4n) is 2.34. The highest BCUT2D eigenvalue weighted by molar-refractivity contribution is 5.76. The molecule has 2 aromatic rings. The molecule has 0 radical (unpaired) electrons. The van der Waals surface area contributed by atoms with Gasteiger partial charge in [0.1, 0.15) is 12.3 Å². The molecule has 102 valence electrons. The second-order valence-corrected chi connectivity index (χ2v) is 4.53. The molecule has 0 amide bonds. The van der Waals surface area contributed by atoms with E-state index in [4.69, 9.17) is 15.6 Å². The van der Waals surface area contributed by atoms with Crippen LogP contribution in [0.5, 0.6) is 0 Å². The maximum atomic E-state index is 11.7. The first-order chi connectivity index (χ1) is 9.10. The van der Waals surface area contributed by atoms with Crippen LogP contribution >= 0.6 is 0 Å². The zero-order chi connectivity index (χ0) is 13.6. The highest BCUT2D eigenvalue weighted by atomic mass is 16.5. The zero-order valence-electron chi connectivity index (χ0n) is 9.98. The van der Waals surface area contributed by atoms with Gasteiger partial charge >= 0.3 is 0 Å². The molecule has 8 nitrogen and oxygen atoms in total. The Morgan fingerprint density at radius 3 is 3.11 bits per heavy atom. The van der Waals surface area contributed by atoms with E-state index >= 15 is 0 Å². The molecule has 8 heteroatoms. The summed E-state index contributed by atoms with van der Waals surface area (Å²) in [5.74, 6) is 0.0229. The van der Waals surface area contributed by atoms with E-state index in [1.807, 2.05) is 0 Å². The van der Waals surface area contributed by atoms with Gasteiger partial charge in [0.05, 0.1) is 18.1 Å². The van der Waals surface area contributed by atoms with E-state index in [2.05, 4.69) is 9.97 Å². The molecule has 19 heavy (non-hydrogen) atoms. The fraction of sp³-hybridized carbons (Fsp3) is 0.455. The van der Waals surface area contributed by atoms with Crippen LogP contribution < -0.4 is 11.3 Å². The third-order valence-corrected chi connectivity index (χ3v) is 3.29. The summed E-state index contributed by atoms with van der Waals surface area (Å²) in [6.45, 7) is -0.257. The normalized spacial score (nSPS) is 27.2. The number of H-pyrrole nitrogens is 1. The molecule has 0 aromatic carbocycles. The van der Waals surface area contributed by atoms with Gasteiger partial charge in [-0.3, -0.25) is 9.78 Å². The van der Waals surface area contributed by atoms with Crippen LogP contribution in [0.4, 0.5) is 5.95 Å². The Balaban J connectivity index is 2.05. The molecule has 3 unspecified atom stereocenters. The van der Waals surface area contributed by atoms with Crippen molar-refractivity contribution in [1.29, 1.82) is 0 Å². The lowest BCUT2D eigenvalue weighted by molar-refractivity contribution is -0.0430. The van der Waals surface area contributed by atoms with Crippen molar-refractivity contribution in [3.8, 4) is 0 Å². The minimum Gasteiger partial charge on any atom is -0.394 e. The van der Waals surface area contributed by atoms with Crippen LogP contribution in [-0.2, 0) is 4.74 Å². The van der Waals surface area contributed by atoms with E-state index in [1.165, 1.54) is 0 Å². The van der Waals surface area contributed by atoms with Crippen LogP contribution in [0.1, 0.15) is 12.6 Å². The fourth-order valence-corrected chi connectivity index (χ4v) is 2.34. The van der Waals surface area contributed by atoms with Crippen LogP contribution in [0.3, 0.4) is 0 Å². The number of nitrogens with zero attached hydrogens (tertiary/aromatic N) is 2. The van der Waals surface area contributed by atoms with Crippen molar-refractivity contribution in [2.75, 3.05) is 12.3 Å². The number of fused-ring (bicyclic) bond motifs is 1. The maximum absolute atomic E-state index is 11.7. The third kappa shape index (κ3) is 1.89. The molecule has 0 aliphatic carbocycles. The van der Waals surface area contributed by atoms with E-state index in [9.17, 15) is 9.90 Å². The summed E-state index contributed by atoms with van der Waals surface area (Å²) in [5.41, 5.74) is 5.60. The van der Waals surface area contributed by atoms with Gasteiger partial charge < -0.3 is 25.3 Å². The van der Waals surface area contributed by atoms with Crippen molar-refractivity contribution >= 4 is 17.0 Å². The molecule has 2 aromatic heterocycles. The summed E-state index contributed by atoms with van der Waals surface area (Å²) in [5, 5.41) is 19.2. The van der Waals surface area contributed by atoms with Gasteiger partial charge in [0.2, 0.25) is 5.95 Å². The minimum absolute atomic E-state index is 0.0229. The predicted molar refractivity (Wildman–Crippen MR) is 66.4 cm³/mol. The Kier molecular flexibility index (Phi) is 2.77. The van der Waals surface area contributed by atoms with Gasteiger partial charge in [-0.1, -0.05) is 0 Å². The molecule has 3 heterocycles. The molecule has 0 saturated carbocycles. The number of nitrogen functional groups attached to an aromatic ring is 1. The quantitative estimate of drug-likeness (QED) is 0.549. The molecular formula is C11H14N4O4. The number of aliphatic hydroxyl groups is 2. The molecule has 5 N–H and O–H groups in total. The summed E-state index contributed by atoms with van der Waals surface area (Å²) in [6.07, 6.45) is 0.138. The average molecular weight is 266 g/mol. The first kappa shape index (κ1) is 12.2. The lowest BCUT2D eigenvalue weighted by atomic mass is 10.2. The maximum Gasteiger partial charge on any atom is 0.261 e. The van der Waals surface area contributed by atoms with Crippen LogP contribution in [0.15, 0.2) is 17.1 Å². The molecule has 1 aliphatic rings. The van der Waals surface area contributed by atoms with Crippen molar-refractivity contribution in [1.82, 2.24) is 14.5 Å². The third-order valence-electron chi connectivity index (χ3n) is 3.29. The molecule has 1 aliphatic heterocycles. The largest absolute Gasteiger partial charge is 0.394 e. The van der Waals surface area contributed by atoms with Crippen molar-refractivity contribution in [2.45, 2.75) is 24.9 Å². The number of ether oxygens (including phenoxy) is 1. The number of nitrogens with two attached hydrogens (primary N) is 1. The Bertz CT molecular complexity index is 664. The molecule has 3 atom stereocenters. The van der Waals surface area contributed by atoms with Gasteiger partial charge in [-0.05, 0) is 6.07 Å². The Labute approximate surface area is 107 Å². The number of hydrogen-bond acceptors (Lipinski definition) is 6. The molecule has 3 rings (SSSR count). The van der Waals surface area contributed by atoms with E-state index in [0.29, 0.717) is 17.5 Å². The van der Waals surface area contributed by atoms with Crippen LogP contribution in [0.25, 0.3) is 11.0 Å². The van der Waals surface area contributed by atoms with E-state index in [0.717, 1.165) is 0 Å². The Morgan fingerprint density at radius 1 is 1.63 bits per heavy atom. The van der Waals surface area contributed by atoms with E-state index < -0.39 is 18.4 Å². The molecule has 1 fully saturated rings. The van der Waals surface area contributed by atoms with Gasteiger partial charge in [0.25, 0.3) is 5.56 Å². The lowest BCUT2D eigenvalue weighted by Gasteiger charge is -2.14. The first-order valence-electron chi connectivity index (χ1n) is 5.91. The van der Waals surface area contributed by atoms with Gasteiger partial charge in [0.15, 0.2) is 5.65 Å². The number of aromatic amines is 1. The smallest absolute Gasteiger partial charge is 0.261 e. The molecule has 0 spiro atoms. The topological polar surface area (TPSA) is 126 Å². The highest BCUT2D eigenvalue weighted by Crippen LogP contribution is 2.30. The summed E-state index contributed by atoms with van der Waals surface area (Å²) in [4.78, 5) is 18.2. The van der Waals surface area contributed by atoms with E-state index in [1.54, 1.807) is 16.8 Å². The van der Waals surface area contributed by atoms with Crippen molar-refractivity contribution in [3.05, 3.63) is 22.6 Å². The number of anilines is 1. The molecule has 0 bridgehead atoms. The van der Waals surface area contributed by atoms with Crippen LogP contribution in [0, 0.1) is 0 Å². The average Bonchev–Trinajstić information content (AvgIpc) is 2.92. The number of hydrogen-bond donors (Lipinski definition) is 4. The number of aliphatic hydroxyl groups excluding tert-OH is 2. The monoisotopic (exact) mass is 266 g/mol. The molecule has 1 saturated heterocycles. The zero-order valence-corrected chi connectivity index (χ0v) is 9.98. The van der Waals surface area contributed by atoms with Crippen LogP contribution in [0.2, 0.25) is 0 Å². The van der Waals surface area contributed by atoms with Gasteiger partial charge in [-0.2, -0.15) is 4.98 Å². The predicted octanol–water partition coefficient (Wildman–Crippen LogP) is -1.05.